The van der Waals surface area contributed by atoms with Crippen molar-refractivity contribution in [2.45, 2.75) is 70.3 Å². The molecule has 7 N–H and O–H groups in total. The van der Waals surface area contributed by atoms with Crippen LogP contribution in [-0.4, -0.2) is 95.8 Å². The van der Waals surface area contributed by atoms with Gasteiger partial charge in [-0.05, 0) is 70.0 Å². The van der Waals surface area contributed by atoms with Crippen molar-refractivity contribution in [3.05, 3.63) is 6.07 Å². The van der Waals surface area contributed by atoms with Crippen LogP contribution in [0.1, 0.15) is 64.2 Å². The third-order valence-corrected chi connectivity index (χ3v) is 9.36. The molecule has 3 aliphatic rings. The topological polar surface area (TPSA) is 152 Å². The SMILES string of the molecule is Nc1cc(N2CCN(CCP(=O)(O)O)CC2)nc(NC[C@H]2CCCC(CNCCCNC3CCCCC3)C2)n1. The van der Waals surface area contributed by atoms with Gasteiger partial charge in [0, 0.05) is 51.4 Å². The predicted molar refractivity (Wildman–Crippen MR) is 158 cm³/mol. The highest BCUT2D eigenvalue weighted by Gasteiger charge is 2.24. The number of nitrogen functional groups attached to an aromatic ring is 1. The van der Waals surface area contributed by atoms with Gasteiger partial charge in [0.2, 0.25) is 5.95 Å². The number of hydrogen-bond donors (Lipinski definition) is 6. The Kier molecular flexibility index (Phi) is 12.1. The number of nitrogens with zero attached hydrogens (tertiary/aromatic N) is 4. The molecule has 2 saturated carbocycles. The van der Waals surface area contributed by atoms with Gasteiger partial charge in [0.15, 0.2) is 0 Å². The predicted octanol–water partition coefficient (Wildman–Crippen LogP) is 2.48. The highest BCUT2D eigenvalue weighted by Crippen LogP contribution is 2.34. The van der Waals surface area contributed by atoms with Crippen molar-refractivity contribution in [1.82, 2.24) is 25.5 Å². The average Bonchev–Trinajstić information content (AvgIpc) is 2.93. The second-order valence-electron chi connectivity index (χ2n) is 11.8. The van der Waals surface area contributed by atoms with Gasteiger partial charge < -0.3 is 36.4 Å². The molecule has 1 saturated heterocycles. The fourth-order valence-electron chi connectivity index (χ4n) is 6.31. The number of piperazine rings is 1. The van der Waals surface area contributed by atoms with Gasteiger partial charge in [-0.25, -0.2) is 0 Å². The zero-order valence-electron chi connectivity index (χ0n) is 23.6. The summed E-state index contributed by atoms with van der Waals surface area (Å²) in [7, 11) is -3.96. The molecular weight excluding hydrogens is 515 g/mol. The smallest absolute Gasteiger partial charge is 0.326 e. The number of aromatic nitrogens is 2. The maximum absolute atomic E-state index is 11.2. The second kappa shape index (κ2) is 15.5. The molecule has 222 valence electrons. The zero-order chi connectivity index (χ0) is 27.5. The van der Waals surface area contributed by atoms with E-state index in [-0.39, 0.29) is 6.16 Å². The van der Waals surface area contributed by atoms with Crippen LogP contribution >= 0.6 is 7.60 Å². The summed E-state index contributed by atoms with van der Waals surface area (Å²) in [5, 5.41) is 10.9. The van der Waals surface area contributed by atoms with Crippen LogP contribution in [0, 0.1) is 11.8 Å². The van der Waals surface area contributed by atoms with E-state index in [1.807, 2.05) is 6.07 Å². The standard InChI is InChI=1S/C27H51N8O3P/c28-25-19-26(35-14-12-34(13-15-35)16-17-39(36,37)38)33-27(32-25)31-21-23-7-4-6-22(18-23)20-29-10-5-11-30-24-8-2-1-3-9-24/h19,22-24,29-30H,1-18,20-21H2,(H2,36,37,38)(H3,28,31,32,33)/t22?,23-/m0/s1. The van der Waals surface area contributed by atoms with E-state index in [4.69, 9.17) is 20.5 Å². The van der Waals surface area contributed by atoms with Gasteiger partial charge >= 0.3 is 7.60 Å². The Morgan fingerprint density at radius 2 is 1.69 bits per heavy atom. The summed E-state index contributed by atoms with van der Waals surface area (Å²) < 4.78 is 11.2. The quantitative estimate of drug-likeness (QED) is 0.146. The molecule has 11 nitrogen and oxygen atoms in total. The summed E-state index contributed by atoms with van der Waals surface area (Å²) >= 11 is 0. The van der Waals surface area contributed by atoms with Crippen LogP contribution in [0.4, 0.5) is 17.6 Å². The molecule has 0 spiro atoms. The third kappa shape index (κ3) is 11.1. The van der Waals surface area contributed by atoms with Crippen molar-refractivity contribution in [1.29, 1.82) is 0 Å². The van der Waals surface area contributed by atoms with Crippen molar-refractivity contribution in [2.75, 3.05) is 81.0 Å². The first-order valence-electron chi connectivity index (χ1n) is 15.2. The van der Waals surface area contributed by atoms with Crippen molar-refractivity contribution in [2.24, 2.45) is 11.8 Å². The van der Waals surface area contributed by atoms with Gasteiger partial charge in [-0.1, -0.05) is 25.7 Å². The van der Waals surface area contributed by atoms with E-state index in [0.717, 1.165) is 70.1 Å². The van der Waals surface area contributed by atoms with Gasteiger partial charge in [0.1, 0.15) is 11.6 Å². The van der Waals surface area contributed by atoms with Crippen LogP contribution < -0.4 is 26.6 Å². The normalized spacial score (nSPS) is 23.7. The summed E-state index contributed by atoms with van der Waals surface area (Å²) in [5.41, 5.74) is 6.12. The third-order valence-electron chi connectivity index (χ3n) is 8.58. The monoisotopic (exact) mass is 566 g/mol. The molecule has 1 aromatic rings. The molecule has 1 unspecified atom stereocenters. The van der Waals surface area contributed by atoms with Gasteiger partial charge in [-0.15, -0.1) is 0 Å². The minimum atomic E-state index is -3.96. The lowest BCUT2D eigenvalue weighted by Crippen LogP contribution is -2.47. The molecule has 4 rings (SSSR count). The summed E-state index contributed by atoms with van der Waals surface area (Å²) in [4.78, 5) is 31.7. The lowest BCUT2D eigenvalue weighted by Gasteiger charge is -2.35. The maximum Gasteiger partial charge on any atom is 0.326 e. The first-order chi connectivity index (χ1) is 18.8. The minimum Gasteiger partial charge on any atom is -0.383 e. The molecule has 0 aromatic carbocycles. The molecule has 39 heavy (non-hydrogen) atoms. The molecule has 0 amide bonds. The number of nitrogens with two attached hydrogens (primary N) is 1. The Bertz CT molecular complexity index is 905. The first-order valence-corrected chi connectivity index (χ1v) is 17.0. The molecule has 12 heteroatoms. The highest BCUT2D eigenvalue weighted by molar-refractivity contribution is 7.51. The van der Waals surface area contributed by atoms with E-state index in [0.29, 0.717) is 24.2 Å². The van der Waals surface area contributed by atoms with Gasteiger partial charge in [-0.3, -0.25) is 9.46 Å². The van der Waals surface area contributed by atoms with Crippen molar-refractivity contribution >= 4 is 25.2 Å². The molecule has 2 atom stereocenters. The van der Waals surface area contributed by atoms with E-state index < -0.39 is 7.60 Å². The first kappa shape index (κ1) is 30.5. The van der Waals surface area contributed by atoms with Crippen LogP contribution in [0.25, 0.3) is 0 Å². The molecule has 1 aromatic heterocycles. The Labute approximate surface area is 234 Å². The molecule has 0 radical (unpaired) electrons. The average molecular weight is 567 g/mol. The van der Waals surface area contributed by atoms with Crippen LogP contribution in [0.5, 0.6) is 0 Å². The Morgan fingerprint density at radius 3 is 2.44 bits per heavy atom. The van der Waals surface area contributed by atoms with Crippen LogP contribution in [0.15, 0.2) is 6.07 Å². The van der Waals surface area contributed by atoms with Crippen LogP contribution in [-0.2, 0) is 4.57 Å². The molecular formula is C27H51N8O3P. The Balaban J connectivity index is 1.13. The number of rotatable bonds is 14. The summed E-state index contributed by atoms with van der Waals surface area (Å²) in [6.07, 6.45) is 13.1. The van der Waals surface area contributed by atoms with Crippen LogP contribution in [0.3, 0.4) is 0 Å². The van der Waals surface area contributed by atoms with Gasteiger partial charge in [-0.2, -0.15) is 9.97 Å². The molecule has 2 heterocycles. The molecule has 2 aliphatic carbocycles. The summed E-state index contributed by atoms with van der Waals surface area (Å²) in [5.74, 6) is 3.19. The summed E-state index contributed by atoms with van der Waals surface area (Å²) in [6, 6.07) is 2.56. The van der Waals surface area contributed by atoms with Crippen molar-refractivity contribution < 1.29 is 14.4 Å². The maximum atomic E-state index is 11.2. The Hall–Kier alpha value is -1.49. The lowest BCUT2D eigenvalue weighted by atomic mass is 9.81. The second-order valence-corrected chi connectivity index (χ2v) is 13.6. The minimum absolute atomic E-state index is 0.0997. The van der Waals surface area contributed by atoms with E-state index >= 15 is 0 Å². The van der Waals surface area contributed by atoms with E-state index in [9.17, 15) is 4.57 Å². The zero-order valence-corrected chi connectivity index (χ0v) is 24.5. The van der Waals surface area contributed by atoms with Crippen molar-refractivity contribution in [3.63, 3.8) is 0 Å². The van der Waals surface area contributed by atoms with Gasteiger partial charge in [0.25, 0.3) is 0 Å². The highest BCUT2D eigenvalue weighted by atomic mass is 31.2. The fourth-order valence-corrected chi connectivity index (χ4v) is 6.85. The van der Waals surface area contributed by atoms with Crippen molar-refractivity contribution in [3.8, 4) is 0 Å². The lowest BCUT2D eigenvalue weighted by molar-refractivity contribution is 0.263. The van der Waals surface area contributed by atoms with E-state index in [1.54, 1.807) is 0 Å². The Morgan fingerprint density at radius 1 is 0.949 bits per heavy atom. The molecule has 0 bridgehead atoms. The number of hydrogen-bond acceptors (Lipinski definition) is 9. The van der Waals surface area contributed by atoms with E-state index in [2.05, 4.69) is 30.7 Å². The van der Waals surface area contributed by atoms with Gasteiger partial charge in [0.05, 0.1) is 6.16 Å². The van der Waals surface area contributed by atoms with E-state index in [1.165, 1.54) is 64.2 Å². The molecule has 1 aliphatic heterocycles. The number of nitrogens with one attached hydrogen (secondary N) is 3. The van der Waals surface area contributed by atoms with Crippen LogP contribution in [0.2, 0.25) is 0 Å². The number of anilines is 3. The largest absolute Gasteiger partial charge is 0.383 e. The summed E-state index contributed by atoms with van der Waals surface area (Å²) in [6.45, 7) is 7.56. The molecule has 3 fully saturated rings. The fraction of sp³-hybridized carbons (Fsp3) is 0.852.